The maximum Gasteiger partial charge on any atom is 0.267 e. The van der Waals surface area contributed by atoms with Crippen LogP contribution in [0.15, 0.2) is 0 Å². The second-order valence-electron chi connectivity index (χ2n) is 1.18. The van der Waals surface area contributed by atoms with Crippen LogP contribution in [0.3, 0.4) is 0 Å². The smallest absolute Gasteiger partial charge is 0.267 e. The van der Waals surface area contributed by atoms with Gasteiger partial charge in [0.05, 0.1) is 0 Å². The molecule has 1 aromatic rings. The van der Waals surface area contributed by atoms with Crippen LogP contribution in [0.2, 0.25) is 0 Å². The molecule has 5 heteroatoms. The summed E-state index contributed by atoms with van der Waals surface area (Å²) in [6.07, 6.45) is 0. The highest BCUT2D eigenvalue weighted by molar-refractivity contribution is 7.43. The summed E-state index contributed by atoms with van der Waals surface area (Å²) >= 11 is 1.03. The summed E-state index contributed by atoms with van der Waals surface area (Å²) in [7, 11) is 2.27. The monoisotopic (exact) mass is 149 g/mol. The second kappa shape index (κ2) is 1.88. The number of aromatic hydroxyl groups is 2. The van der Waals surface area contributed by atoms with Crippen LogP contribution in [-0.2, 0) is 0 Å². The van der Waals surface area contributed by atoms with E-state index in [-0.39, 0.29) is 10.9 Å². The minimum Gasteiger partial charge on any atom is -0.496 e. The third kappa shape index (κ3) is 0.904. The van der Waals surface area contributed by atoms with Crippen LogP contribution in [0.1, 0.15) is 0 Å². The van der Waals surface area contributed by atoms with Crippen molar-refractivity contribution in [1.29, 1.82) is 0 Å². The third-order valence-electron chi connectivity index (χ3n) is 0.609. The Morgan fingerprint density at radius 3 is 2.25 bits per heavy atom. The fourth-order valence-corrected chi connectivity index (χ4v) is 1.24. The van der Waals surface area contributed by atoms with Crippen LogP contribution in [0.5, 0.6) is 10.9 Å². The average Bonchev–Trinajstić information content (AvgIpc) is 1.85. The summed E-state index contributed by atoms with van der Waals surface area (Å²) in [5.41, 5.74) is 0. The van der Waals surface area contributed by atoms with Gasteiger partial charge >= 0.3 is 0 Å². The van der Waals surface area contributed by atoms with Crippen molar-refractivity contribution >= 4 is 25.3 Å². The Morgan fingerprint density at radius 2 is 2.12 bits per heavy atom. The Kier molecular flexibility index (Phi) is 1.36. The maximum absolute atomic E-state index is 8.63. The third-order valence-corrected chi connectivity index (χ3v) is 1.77. The fraction of sp³-hybridized carbons (Fsp3) is 0. The molecule has 44 valence electrons. The van der Waals surface area contributed by atoms with Gasteiger partial charge in [0.25, 0.3) is 5.88 Å². The molecule has 0 saturated heterocycles. The van der Waals surface area contributed by atoms with Crippen molar-refractivity contribution in [1.82, 2.24) is 4.98 Å². The summed E-state index contributed by atoms with van der Waals surface area (Å²) in [6.45, 7) is 0. The van der Waals surface area contributed by atoms with Gasteiger partial charge in [0.15, 0.2) is 0 Å². The molecule has 1 atom stereocenters. The Labute approximate surface area is 52.2 Å². The lowest BCUT2D eigenvalue weighted by atomic mass is 10.9. The van der Waals surface area contributed by atoms with E-state index in [0.717, 1.165) is 11.3 Å². The fourth-order valence-electron chi connectivity index (χ4n) is 0.320. The van der Waals surface area contributed by atoms with E-state index in [1.807, 2.05) is 0 Å². The lowest BCUT2D eigenvalue weighted by Crippen LogP contribution is -1.81. The Morgan fingerprint density at radius 1 is 1.50 bits per heavy atom. The molecule has 1 aromatic heterocycles. The Hall–Kier alpha value is -0.340. The van der Waals surface area contributed by atoms with Gasteiger partial charge < -0.3 is 10.2 Å². The summed E-state index contributed by atoms with van der Waals surface area (Å²) in [4.78, 5) is 3.50. The van der Waals surface area contributed by atoms with Crippen molar-refractivity contribution in [3.8, 4) is 10.9 Å². The summed E-state index contributed by atoms with van der Waals surface area (Å²) in [5, 5.41) is 17.1. The zero-order chi connectivity index (χ0) is 6.15. The first kappa shape index (κ1) is 5.79. The first-order valence-corrected chi connectivity index (χ1v) is 3.24. The van der Waals surface area contributed by atoms with Crippen LogP contribution >= 0.6 is 20.6 Å². The molecule has 0 aliphatic carbocycles. The van der Waals surface area contributed by atoms with Crippen LogP contribution < -0.4 is 4.75 Å². The number of thiazole rings is 1. The van der Waals surface area contributed by atoms with Gasteiger partial charge in [0, 0.05) is 0 Å². The normalized spacial score (nSPS) is 9.62. The molecule has 0 saturated carbocycles. The van der Waals surface area contributed by atoms with E-state index in [9.17, 15) is 0 Å². The highest BCUT2D eigenvalue weighted by Gasteiger charge is 2.02. The molecule has 0 aliphatic heterocycles. The zero-order valence-electron chi connectivity index (χ0n) is 3.83. The average molecular weight is 149 g/mol. The van der Waals surface area contributed by atoms with Gasteiger partial charge in [-0.05, 0) is 0 Å². The van der Waals surface area contributed by atoms with Crippen LogP contribution in [0.4, 0.5) is 0 Å². The molecule has 0 spiro atoms. The van der Waals surface area contributed by atoms with Gasteiger partial charge in [0.2, 0.25) is 5.06 Å². The molecule has 0 radical (unpaired) electrons. The van der Waals surface area contributed by atoms with Gasteiger partial charge in [-0.1, -0.05) is 20.6 Å². The molecule has 1 rings (SSSR count). The van der Waals surface area contributed by atoms with Crippen molar-refractivity contribution in [2.75, 3.05) is 0 Å². The minimum atomic E-state index is -0.292. The Bertz CT molecular complexity index is 180. The summed E-state index contributed by atoms with van der Waals surface area (Å²) in [6, 6.07) is 0. The minimum absolute atomic E-state index is 0.130. The van der Waals surface area contributed by atoms with E-state index in [0.29, 0.717) is 4.75 Å². The van der Waals surface area contributed by atoms with Crippen molar-refractivity contribution < 1.29 is 10.2 Å². The first-order chi connectivity index (χ1) is 3.70. The van der Waals surface area contributed by atoms with Crippen LogP contribution in [0.25, 0.3) is 0 Å². The van der Waals surface area contributed by atoms with Crippen molar-refractivity contribution in [3.63, 3.8) is 0 Å². The molecule has 3 nitrogen and oxygen atoms in total. The molecular formula is C3H4NO2PS. The predicted octanol–water partition coefficient (Wildman–Crippen LogP) is 0.0547. The Balaban J connectivity index is 3.14. The molecule has 2 N–H and O–H groups in total. The molecule has 0 aromatic carbocycles. The topological polar surface area (TPSA) is 53.4 Å². The molecule has 1 unspecified atom stereocenters. The lowest BCUT2D eigenvalue weighted by molar-refractivity contribution is 0.402. The molecule has 8 heavy (non-hydrogen) atoms. The molecular weight excluding hydrogens is 145 g/mol. The van der Waals surface area contributed by atoms with Gasteiger partial charge in [-0.15, -0.1) is 0 Å². The molecule has 0 bridgehead atoms. The number of aromatic nitrogens is 1. The van der Waals surface area contributed by atoms with Gasteiger partial charge in [0.1, 0.15) is 4.75 Å². The number of hydrogen-bond donors (Lipinski definition) is 2. The van der Waals surface area contributed by atoms with E-state index in [1.54, 1.807) is 0 Å². The summed E-state index contributed by atoms with van der Waals surface area (Å²) < 4.78 is 0.583. The zero-order valence-corrected chi connectivity index (χ0v) is 5.80. The molecule has 0 amide bonds. The van der Waals surface area contributed by atoms with E-state index >= 15 is 0 Å². The molecule has 1 heterocycles. The van der Waals surface area contributed by atoms with Gasteiger partial charge in [-0.25, -0.2) is 0 Å². The largest absolute Gasteiger partial charge is 0.496 e. The highest BCUT2D eigenvalue weighted by Crippen LogP contribution is 2.26. The van der Waals surface area contributed by atoms with Crippen molar-refractivity contribution in [3.05, 3.63) is 0 Å². The highest BCUT2D eigenvalue weighted by atomic mass is 32.1. The van der Waals surface area contributed by atoms with Crippen molar-refractivity contribution in [2.24, 2.45) is 0 Å². The molecule has 0 fully saturated rings. The van der Waals surface area contributed by atoms with Crippen molar-refractivity contribution in [2.45, 2.75) is 0 Å². The van der Waals surface area contributed by atoms with Crippen LogP contribution in [-0.4, -0.2) is 15.2 Å². The standard InChI is InChI=1S/C3H4NO2PS/c5-1-2(6)8-3(7)4-1/h5-6H,7H2. The van der Waals surface area contributed by atoms with E-state index in [1.165, 1.54) is 0 Å². The number of nitrogens with zero attached hydrogens (tertiary/aromatic N) is 1. The quantitative estimate of drug-likeness (QED) is 0.512. The van der Waals surface area contributed by atoms with Crippen LogP contribution in [0, 0.1) is 0 Å². The van der Waals surface area contributed by atoms with Gasteiger partial charge in [-0.3, -0.25) is 0 Å². The first-order valence-electron chi connectivity index (χ1n) is 1.84. The SMILES string of the molecule is Oc1nc(P)sc1O. The van der Waals surface area contributed by atoms with E-state index in [4.69, 9.17) is 10.2 Å². The second-order valence-corrected chi connectivity index (χ2v) is 3.16. The number of hydrogen-bond acceptors (Lipinski definition) is 4. The number of rotatable bonds is 0. The molecule has 0 aliphatic rings. The lowest BCUT2D eigenvalue weighted by Gasteiger charge is -1.76. The van der Waals surface area contributed by atoms with Gasteiger partial charge in [-0.2, -0.15) is 4.98 Å². The maximum atomic E-state index is 8.63. The predicted molar refractivity (Wildman–Crippen MR) is 34.8 cm³/mol. The van der Waals surface area contributed by atoms with E-state index in [2.05, 4.69) is 14.2 Å². The summed E-state index contributed by atoms with van der Waals surface area (Å²) in [5.74, 6) is -0.292. The van der Waals surface area contributed by atoms with E-state index < -0.39 is 0 Å².